The third-order valence-corrected chi connectivity index (χ3v) is 5.20. The first-order valence-corrected chi connectivity index (χ1v) is 9.98. The van der Waals surface area contributed by atoms with Crippen LogP contribution in [0.3, 0.4) is 0 Å². The Morgan fingerprint density at radius 3 is 2.64 bits per heavy atom. The lowest BCUT2D eigenvalue weighted by Gasteiger charge is -2.13. The number of aromatic nitrogens is 1. The van der Waals surface area contributed by atoms with E-state index >= 15 is 0 Å². The topological polar surface area (TPSA) is 69.6 Å². The van der Waals surface area contributed by atoms with Crippen LogP contribution >= 0.6 is 35.3 Å². The van der Waals surface area contributed by atoms with Gasteiger partial charge >= 0.3 is 0 Å². The van der Waals surface area contributed by atoms with Gasteiger partial charge in [-0.2, -0.15) is 0 Å². The Morgan fingerprint density at radius 1 is 1.29 bits per heavy atom. The average molecular weight is 515 g/mol. The summed E-state index contributed by atoms with van der Waals surface area (Å²) in [6.45, 7) is 5.68. The van der Waals surface area contributed by atoms with Gasteiger partial charge in [0.1, 0.15) is 0 Å². The molecule has 1 heterocycles. The number of guanidine groups is 1. The molecule has 1 aromatic carbocycles. The Balaban J connectivity index is 0.00000392. The van der Waals surface area contributed by atoms with Gasteiger partial charge in [-0.05, 0) is 24.1 Å². The number of benzene rings is 1. The smallest absolute Gasteiger partial charge is 0.253 e. The molecule has 154 valence electrons. The van der Waals surface area contributed by atoms with Crippen molar-refractivity contribution in [2.24, 2.45) is 4.99 Å². The van der Waals surface area contributed by atoms with Crippen molar-refractivity contribution in [1.29, 1.82) is 0 Å². The summed E-state index contributed by atoms with van der Waals surface area (Å²) < 4.78 is 0. The zero-order valence-electron chi connectivity index (χ0n) is 17.2. The minimum atomic E-state index is 0. The van der Waals surface area contributed by atoms with Gasteiger partial charge in [0.15, 0.2) is 5.96 Å². The Kier molecular flexibility index (Phi) is 10.4. The van der Waals surface area contributed by atoms with E-state index in [4.69, 9.17) is 0 Å². The summed E-state index contributed by atoms with van der Waals surface area (Å²) >= 11 is 1.70. The van der Waals surface area contributed by atoms with E-state index in [1.54, 1.807) is 37.4 Å². The Labute approximate surface area is 188 Å². The van der Waals surface area contributed by atoms with Crippen LogP contribution in [0.4, 0.5) is 0 Å². The number of hydrogen-bond acceptors (Lipinski definition) is 4. The summed E-state index contributed by atoms with van der Waals surface area (Å²) in [5.41, 5.74) is 2.86. The summed E-state index contributed by atoms with van der Waals surface area (Å²) in [5.74, 6) is 1.22. The zero-order chi connectivity index (χ0) is 19.8. The summed E-state index contributed by atoms with van der Waals surface area (Å²) in [6.07, 6.45) is 0.809. The van der Waals surface area contributed by atoms with Crippen molar-refractivity contribution in [2.75, 3.05) is 27.7 Å². The monoisotopic (exact) mass is 515 g/mol. The van der Waals surface area contributed by atoms with Crippen molar-refractivity contribution < 1.29 is 4.79 Å². The van der Waals surface area contributed by atoms with Gasteiger partial charge in [-0.15, -0.1) is 35.3 Å². The quantitative estimate of drug-likeness (QED) is 0.337. The molecule has 0 saturated heterocycles. The lowest BCUT2D eigenvalue weighted by molar-refractivity contribution is 0.0827. The molecular weight excluding hydrogens is 485 g/mol. The molecule has 0 radical (unpaired) electrons. The molecule has 0 aliphatic carbocycles. The number of aliphatic imine (C=N–C) groups is 1. The highest BCUT2D eigenvalue weighted by Crippen LogP contribution is 2.18. The summed E-state index contributed by atoms with van der Waals surface area (Å²) in [6, 6.07) is 7.75. The highest BCUT2D eigenvalue weighted by Gasteiger charge is 2.09. The third kappa shape index (κ3) is 7.38. The summed E-state index contributed by atoms with van der Waals surface area (Å²) in [7, 11) is 5.28. The fourth-order valence-electron chi connectivity index (χ4n) is 2.51. The fraction of sp³-hybridized carbons (Fsp3) is 0.450. The van der Waals surface area contributed by atoms with Gasteiger partial charge in [0.05, 0.1) is 17.2 Å². The molecule has 0 aliphatic rings. The molecule has 8 heteroatoms. The first-order chi connectivity index (χ1) is 12.9. The van der Waals surface area contributed by atoms with E-state index in [2.05, 4.69) is 39.8 Å². The molecule has 0 saturated carbocycles. The van der Waals surface area contributed by atoms with Crippen LogP contribution in [0.1, 0.15) is 46.4 Å². The van der Waals surface area contributed by atoms with Crippen molar-refractivity contribution in [3.63, 3.8) is 0 Å². The van der Waals surface area contributed by atoms with Gasteiger partial charge in [-0.25, -0.2) is 4.98 Å². The molecule has 1 amide bonds. The lowest BCUT2D eigenvalue weighted by Crippen LogP contribution is -2.37. The van der Waals surface area contributed by atoms with E-state index in [0.29, 0.717) is 18.0 Å². The number of nitrogens with zero attached hydrogens (tertiary/aromatic N) is 3. The average Bonchev–Trinajstić information content (AvgIpc) is 3.13. The minimum absolute atomic E-state index is 0. The summed E-state index contributed by atoms with van der Waals surface area (Å²) in [5, 5.41) is 9.84. The number of hydrogen-bond donors (Lipinski definition) is 2. The highest BCUT2D eigenvalue weighted by molar-refractivity contribution is 14.0. The molecule has 6 nitrogen and oxygen atoms in total. The van der Waals surface area contributed by atoms with E-state index in [0.717, 1.165) is 35.2 Å². The second kappa shape index (κ2) is 12.0. The van der Waals surface area contributed by atoms with E-state index in [9.17, 15) is 4.79 Å². The molecule has 2 rings (SSSR count). The number of amides is 1. The van der Waals surface area contributed by atoms with E-state index in [-0.39, 0.29) is 29.9 Å². The van der Waals surface area contributed by atoms with Crippen LogP contribution in [-0.4, -0.2) is 49.4 Å². The van der Waals surface area contributed by atoms with Crippen LogP contribution in [-0.2, 0) is 13.0 Å². The maximum Gasteiger partial charge on any atom is 0.253 e. The molecule has 1 aromatic heterocycles. The molecule has 0 bridgehead atoms. The molecule has 0 unspecified atom stereocenters. The molecule has 0 fully saturated rings. The van der Waals surface area contributed by atoms with Crippen molar-refractivity contribution in [2.45, 2.75) is 32.7 Å². The third-order valence-electron chi connectivity index (χ3n) is 4.01. The number of thiazole rings is 1. The second-order valence-electron chi connectivity index (χ2n) is 6.83. The van der Waals surface area contributed by atoms with Gasteiger partial charge in [-0.1, -0.05) is 26.0 Å². The van der Waals surface area contributed by atoms with Gasteiger partial charge in [0, 0.05) is 44.5 Å². The number of nitrogens with one attached hydrogen (secondary N) is 2. The molecule has 0 aliphatic heterocycles. The molecule has 28 heavy (non-hydrogen) atoms. The van der Waals surface area contributed by atoms with E-state index < -0.39 is 0 Å². The normalized spacial score (nSPS) is 11.1. The first-order valence-electron chi connectivity index (χ1n) is 9.10. The maximum absolute atomic E-state index is 12.1. The second-order valence-corrected chi connectivity index (χ2v) is 7.72. The number of carbonyl (C=O) groups excluding carboxylic acids is 1. The predicted octanol–water partition coefficient (Wildman–Crippen LogP) is 3.49. The van der Waals surface area contributed by atoms with Gasteiger partial charge in [-0.3, -0.25) is 9.79 Å². The zero-order valence-corrected chi connectivity index (χ0v) is 20.3. The first kappa shape index (κ1) is 24.4. The lowest BCUT2D eigenvalue weighted by atomic mass is 10.1. The predicted molar refractivity (Wildman–Crippen MR) is 128 cm³/mol. The number of carbonyl (C=O) groups is 1. The van der Waals surface area contributed by atoms with Crippen LogP contribution in [0.5, 0.6) is 0 Å². The van der Waals surface area contributed by atoms with Crippen LogP contribution < -0.4 is 10.6 Å². The molecule has 0 atom stereocenters. The van der Waals surface area contributed by atoms with Gasteiger partial charge in [0.25, 0.3) is 5.91 Å². The van der Waals surface area contributed by atoms with Crippen LogP contribution in [0.25, 0.3) is 0 Å². The van der Waals surface area contributed by atoms with Crippen LogP contribution in [0, 0.1) is 0 Å². The van der Waals surface area contributed by atoms with Crippen molar-refractivity contribution >= 4 is 47.2 Å². The van der Waals surface area contributed by atoms with Crippen molar-refractivity contribution in [3.8, 4) is 0 Å². The fourth-order valence-corrected chi connectivity index (χ4v) is 3.34. The van der Waals surface area contributed by atoms with Crippen LogP contribution in [0.15, 0.2) is 34.6 Å². The molecule has 2 aromatic rings. The molecular formula is C20H30IN5OS. The Hall–Kier alpha value is -1.68. The van der Waals surface area contributed by atoms with Gasteiger partial charge < -0.3 is 15.5 Å². The highest BCUT2D eigenvalue weighted by atomic mass is 127. The van der Waals surface area contributed by atoms with E-state index in [1.807, 2.05) is 24.3 Å². The Morgan fingerprint density at radius 2 is 2.04 bits per heavy atom. The van der Waals surface area contributed by atoms with Crippen LogP contribution in [0.2, 0.25) is 0 Å². The minimum Gasteiger partial charge on any atom is -0.356 e. The standard InChI is InChI=1S/C20H29N5OS.HI/c1-14(2)18-24-17(13-27-18)12-23-20(21-3)22-10-9-15-7-6-8-16(11-15)19(26)25(4)5;/h6-8,11,13-14H,9-10,12H2,1-5H3,(H2,21,22,23);1H. The van der Waals surface area contributed by atoms with E-state index in [1.165, 1.54) is 0 Å². The SMILES string of the molecule is CN=C(NCCc1cccc(C(=O)N(C)C)c1)NCc1csc(C(C)C)n1.I. The number of halogens is 1. The molecule has 2 N–H and O–H groups in total. The molecule has 0 spiro atoms. The Bertz CT molecular complexity index is 788. The van der Waals surface area contributed by atoms with Crippen molar-refractivity contribution in [3.05, 3.63) is 51.5 Å². The van der Waals surface area contributed by atoms with Crippen molar-refractivity contribution in [1.82, 2.24) is 20.5 Å². The number of rotatable bonds is 7. The van der Waals surface area contributed by atoms with Gasteiger partial charge in [0.2, 0.25) is 0 Å². The largest absolute Gasteiger partial charge is 0.356 e. The summed E-state index contributed by atoms with van der Waals surface area (Å²) in [4.78, 5) is 22.5. The maximum atomic E-state index is 12.1.